The van der Waals surface area contributed by atoms with Crippen LogP contribution in [0.25, 0.3) is 0 Å². The van der Waals surface area contributed by atoms with Gasteiger partial charge in [0.15, 0.2) is 0 Å². The topological polar surface area (TPSA) is 46.6 Å². The number of hydrogen-bond acceptors (Lipinski definition) is 3. The maximum atomic E-state index is 12.8. The summed E-state index contributed by atoms with van der Waals surface area (Å²) in [6.45, 7) is 5.62. The molecule has 1 heterocycles. The van der Waals surface area contributed by atoms with Crippen LogP contribution in [0.5, 0.6) is 0 Å². The summed E-state index contributed by atoms with van der Waals surface area (Å²) in [4.78, 5) is 0. The van der Waals surface area contributed by atoms with Crippen molar-refractivity contribution < 1.29 is 13.2 Å². The molecular formula is C13H23NO3S. The van der Waals surface area contributed by atoms with Crippen molar-refractivity contribution in [3.05, 3.63) is 11.1 Å². The molecule has 1 saturated carbocycles. The molecule has 1 aliphatic heterocycles. The van der Waals surface area contributed by atoms with Crippen LogP contribution in [0.2, 0.25) is 0 Å². The molecule has 0 aromatic heterocycles. The lowest BCUT2D eigenvalue weighted by Gasteiger charge is -2.44. The second-order valence-corrected chi connectivity index (χ2v) is 7.95. The third kappa shape index (κ3) is 2.12. The fourth-order valence-corrected chi connectivity index (χ4v) is 5.09. The van der Waals surface area contributed by atoms with E-state index < -0.39 is 14.8 Å². The monoisotopic (exact) mass is 273 g/mol. The van der Waals surface area contributed by atoms with Gasteiger partial charge in [0.05, 0.1) is 6.61 Å². The lowest BCUT2D eigenvalue weighted by molar-refractivity contribution is 0.122. The highest BCUT2D eigenvalue weighted by atomic mass is 32.2. The van der Waals surface area contributed by atoms with Crippen LogP contribution < -0.4 is 0 Å². The summed E-state index contributed by atoms with van der Waals surface area (Å²) < 4.78 is 31.7. The molecule has 0 saturated heterocycles. The van der Waals surface area contributed by atoms with E-state index >= 15 is 0 Å². The Bertz CT molecular complexity index is 449. The van der Waals surface area contributed by atoms with E-state index in [1.807, 2.05) is 6.92 Å². The highest BCUT2D eigenvalue weighted by molar-refractivity contribution is 7.90. The molecule has 0 unspecified atom stereocenters. The summed E-state index contributed by atoms with van der Waals surface area (Å²) in [5.41, 5.74) is 2.52. The second kappa shape index (κ2) is 4.94. The molecule has 0 aromatic rings. The number of nitrogens with zero attached hydrogens (tertiary/aromatic N) is 1. The van der Waals surface area contributed by atoms with E-state index in [1.165, 1.54) is 11.1 Å². The van der Waals surface area contributed by atoms with Gasteiger partial charge in [-0.1, -0.05) is 17.6 Å². The van der Waals surface area contributed by atoms with Crippen molar-refractivity contribution in [2.75, 3.05) is 26.8 Å². The maximum Gasteiger partial charge on any atom is 0.222 e. The zero-order valence-electron chi connectivity index (χ0n) is 11.5. The summed E-state index contributed by atoms with van der Waals surface area (Å²) in [7, 11) is -1.65. The molecule has 2 rings (SSSR count). The molecular weight excluding hydrogens is 250 g/mol. The standard InChI is InChI=1S/C13H23NO3S/c1-11-5-8-14(9-12(11)2)18(15,16)13(10-17-3)6-4-7-13/h4-10H2,1-3H3. The van der Waals surface area contributed by atoms with Crippen LogP contribution in [0, 0.1) is 0 Å². The molecule has 2 aliphatic rings. The molecule has 0 N–H and O–H groups in total. The third-order valence-corrected chi connectivity index (χ3v) is 7.05. The van der Waals surface area contributed by atoms with Gasteiger partial charge in [0, 0.05) is 20.2 Å². The molecule has 5 heteroatoms. The van der Waals surface area contributed by atoms with Crippen LogP contribution in [0.15, 0.2) is 11.1 Å². The normalized spacial score (nSPS) is 25.1. The Labute approximate surface area is 110 Å². The fourth-order valence-electron chi connectivity index (χ4n) is 2.77. The number of sulfonamides is 1. The predicted molar refractivity (Wildman–Crippen MR) is 71.9 cm³/mol. The van der Waals surface area contributed by atoms with Crippen molar-refractivity contribution in [2.24, 2.45) is 0 Å². The molecule has 18 heavy (non-hydrogen) atoms. The van der Waals surface area contributed by atoms with Crippen LogP contribution in [0.3, 0.4) is 0 Å². The highest BCUT2D eigenvalue weighted by Crippen LogP contribution is 2.42. The SMILES string of the molecule is COCC1(S(=O)(=O)N2CCC(C)=C(C)C2)CCC1. The minimum Gasteiger partial charge on any atom is -0.383 e. The Kier molecular flexibility index (Phi) is 3.85. The molecule has 0 spiro atoms. The van der Waals surface area contributed by atoms with E-state index in [0.29, 0.717) is 19.7 Å². The summed E-state index contributed by atoms with van der Waals surface area (Å²) in [5, 5.41) is 0. The van der Waals surface area contributed by atoms with Crippen LogP contribution in [-0.4, -0.2) is 44.3 Å². The first-order valence-electron chi connectivity index (χ1n) is 6.57. The van der Waals surface area contributed by atoms with Gasteiger partial charge in [-0.2, -0.15) is 4.31 Å². The van der Waals surface area contributed by atoms with Gasteiger partial charge in [0.2, 0.25) is 10.0 Å². The number of rotatable bonds is 4. The van der Waals surface area contributed by atoms with E-state index in [2.05, 4.69) is 6.92 Å². The van der Waals surface area contributed by atoms with E-state index in [4.69, 9.17) is 4.74 Å². The van der Waals surface area contributed by atoms with Crippen LogP contribution >= 0.6 is 0 Å². The zero-order chi connectivity index (χ0) is 13.4. The number of hydrogen-bond donors (Lipinski definition) is 0. The smallest absolute Gasteiger partial charge is 0.222 e. The van der Waals surface area contributed by atoms with Gasteiger partial charge in [-0.25, -0.2) is 8.42 Å². The summed E-state index contributed by atoms with van der Waals surface area (Å²) in [5.74, 6) is 0. The minimum absolute atomic E-state index is 0.327. The van der Waals surface area contributed by atoms with Crippen molar-refractivity contribution in [2.45, 2.75) is 44.3 Å². The largest absolute Gasteiger partial charge is 0.383 e. The molecule has 0 atom stereocenters. The van der Waals surface area contributed by atoms with Gasteiger partial charge in [-0.05, 0) is 33.1 Å². The quantitative estimate of drug-likeness (QED) is 0.735. The third-order valence-electron chi connectivity index (χ3n) is 4.44. The first-order chi connectivity index (χ1) is 8.43. The molecule has 0 aromatic carbocycles. The summed E-state index contributed by atoms with van der Waals surface area (Å²) in [6, 6.07) is 0. The number of ether oxygens (including phenoxy) is 1. The predicted octanol–water partition coefficient (Wildman–Crippen LogP) is 1.93. The van der Waals surface area contributed by atoms with E-state index in [0.717, 1.165) is 25.7 Å². The van der Waals surface area contributed by atoms with Gasteiger partial charge in [-0.15, -0.1) is 0 Å². The zero-order valence-corrected chi connectivity index (χ0v) is 12.3. The average Bonchev–Trinajstić information content (AvgIpc) is 2.26. The number of methoxy groups -OCH3 is 1. The van der Waals surface area contributed by atoms with Crippen LogP contribution in [0.4, 0.5) is 0 Å². The van der Waals surface area contributed by atoms with E-state index in [1.54, 1.807) is 11.4 Å². The molecule has 0 amide bonds. The van der Waals surface area contributed by atoms with Gasteiger partial charge in [0.1, 0.15) is 4.75 Å². The van der Waals surface area contributed by atoms with Gasteiger partial charge < -0.3 is 4.74 Å². The van der Waals surface area contributed by atoms with E-state index in [9.17, 15) is 8.42 Å². The van der Waals surface area contributed by atoms with Crippen molar-refractivity contribution in [1.29, 1.82) is 0 Å². The molecule has 1 aliphatic carbocycles. The first kappa shape index (κ1) is 14.0. The Morgan fingerprint density at radius 3 is 2.39 bits per heavy atom. The van der Waals surface area contributed by atoms with E-state index in [-0.39, 0.29) is 0 Å². The molecule has 4 nitrogen and oxygen atoms in total. The van der Waals surface area contributed by atoms with Crippen LogP contribution in [0.1, 0.15) is 39.5 Å². The lowest BCUT2D eigenvalue weighted by atomic mass is 9.85. The highest BCUT2D eigenvalue weighted by Gasteiger charge is 2.51. The Morgan fingerprint density at radius 2 is 1.94 bits per heavy atom. The molecule has 1 fully saturated rings. The van der Waals surface area contributed by atoms with Gasteiger partial charge in [-0.3, -0.25) is 0 Å². The Hall–Kier alpha value is -0.390. The Morgan fingerprint density at radius 1 is 1.28 bits per heavy atom. The fraction of sp³-hybridized carbons (Fsp3) is 0.846. The van der Waals surface area contributed by atoms with Crippen LogP contribution in [-0.2, 0) is 14.8 Å². The summed E-state index contributed by atoms with van der Waals surface area (Å²) >= 11 is 0. The summed E-state index contributed by atoms with van der Waals surface area (Å²) in [6.07, 6.45) is 3.32. The molecule has 0 radical (unpaired) electrons. The van der Waals surface area contributed by atoms with Crippen molar-refractivity contribution >= 4 is 10.0 Å². The molecule has 104 valence electrons. The van der Waals surface area contributed by atoms with Gasteiger partial charge >= 0.3 is 0 Å². The lowest BCUT2D eigenvalue weighted by Crippen LogP contribution is -2.56. The van der Waals surface area contributed by atoms with Crippen molar-refractivity contribution in [3.63, 3.8) is 0 Å². The van der Waals surface area contributed by atoms with Crippen molar-refractivity contribution in [3.8, 4) is 0 Å². The Balaban J connectivity index is 2.22. The molecule has 0 bridgehead atoms. The van der Waals surface area contributed by atoms with Crippen molar-refractivity contribution in [1.82, 2.24) is 4.31 Å². The minimum atomic E-state index is -3.23. The average molecular weight is 273 g/mol. The first-order valence-corrected chi connectivity index (χ1v) is 8.01. The van der Waals surface area contributed by atoms with Gasteiger partial charge in [0.25, 0.3) is 0 Å². The maximum absolute atomic E-state index is 12.8. The second-order valence-electron chi connectivity index (χ2n) is 5.62.